The fourth-order valence-electron chi connectivity index (χ4n) is 2.88. The molecule has 0 fully saturated rings. The topological polar surface area (TPSA) is 98.7 Å². The second kappa shape index (κ2) is 8.24. The van der Waals surface area contributed by atoms with Crippen LogP contribution in [0.15, 0.2) is 59.6 Å². The monoisotopic (exact) mass is 406 g/mol. The number of hydrogen-bond acceptors (Lipinski definition) is 6. The number of imidazole rings is 1. The second-order valence-electron chi connectivity index (χ2n) is 6.68. The third-order valence-electron chi connectivity index (χ3n) is 4.57. The molecule has 4 rings (SSSR count). The van der Waals surface area contributed by atoms with E-state index >= 15 is 0 Å². The lowest BCUT2D eigenvalue weighted by Gasteiger charge is -2.13. The minimum absolute atomic E-state index is 0.238. The lowest BCUT2D eigenvalue weighted by Crippen LogP contribution is -2.26. The van der Waals surface area contributed by atoms with Gasteiger partial charge in [-0.05, 0) is 36.8 Å². The summed E-state index contributed by atoms with van der Waals surface area (Å²) in [5.41, 5.74) is 1.75. The van der Waals surface area contributed by atoms with Gasteiger partial charge >= 0.3 is 0 Å². The van der Waals surface area contributed by atoms with Crippen LogP contribution in [-0.4, -0.2) is 30.6 Å². The molecule has 4 aromatic rings. The molecule has 3 aromatic heterocycles. The van der Waals surface area contributed by atoms with Crippen LogP contribution in [0, 0.1) is 5.82 Å². The van der Waals surface area contributed by atoms with E-state index in [0.29, 0.717) is 24.0 Å². The van der Waals surface area contributed by atoms with E-state index in [2.05, 4.69) is 25.4 Å². The first-order chi connectivity index (χ1) is 14.5. The van der Waals surface area contributed by atoms with Crippen molar-refractivity contribution in [3.8, 4) is 17.3 Å². The van der Waals surface area contributed by atoms with Crippen LogP contribution >= 0.6 is 0 Å². The molecule has 152 valence electrons. The highest BCUT2D eigenvalue weighted by Crippen LogP contribution is 2.19. The number of aromatic nitrogens is 5. The Labute approximate surface area is 171 Å². The molecule has 0 aliphatic heterocycles. The number of carbonyl (C=O) groups excluding carboxylic acids is 1. The molecule has 3 heterocycles. The van der Waals surface area contributed by atoms with E-state index in [-0.39, 0.29) is 23.5 Å². The zero-order valence-electron chi connectivity index (χ0n) is 16.4. The minimum atomic E-state index is -0.341. The lowest BCUT2D eigenvalue weighted by atomic mass is 10.1. The molecule has 0 saturated heterocycles. The Kier molecular flexibility index (Phi) is 5.34. The van der Waals surface area contributed by atoms with Gasteiger partial charge in [-0.1, -0.05) is 24.2 Å². The zero-order valence-corrected chi connectivity index (χ0v) is 16.4. The Morgan fingerprint density at radius 1 is 1.23 bits per heavy atom. The highest BCUT2D eigenvalue weighted by Gasteiger charge is 2.15. The number of nitrogens with one attached hydrogen (secondary N) is 1. The van der Waals surface area contributed by atoms with Crippen molar-refractivity contribution in [3.63, 3.8) is 0 Å². The molecule has 0 spiro atoms. The van der Waals surface area contributed by atoms with Gasteiger partial charge in [0, 0.05) is 24.4 Å². The van der Waals surface area contributed by atoms with E-state index in [4.69, 9.17) is 4.52 Å². The molecule has 1 atom stereocenters. The predicted molar refractivity (Wildman–Crippen MR) is 106 cm³/mol. The molecule has 30 heavy (non-hydrogen) atoms. The molecule has 1 N–H and O–H groups in total. The van der Waals surface area contributed by atoms with Gasteiger partial charge < -0.3 is 9.84 Å². The van der Waals surface area contributed by atoms with Gasteiger partial charge in [-0.2, -0.15) is 4.98 Å². The van der Waals surface area contributed by atoms with Crippen LogP contribution in [0.3, 0.4) is 0 Å². The summed E-state index contributed by atoms with van der Waals surface area (Å²) in [6, 6.07) is 9.24. The standard InChI is InChI=1S/C21H19FN6O2/c1-3-18-26-21(30-27-18)15-8-9-23-19(10-15)28-11-17(24-12-28)20(29)25-13(2)14-4-6-16(22)7-5-14/h4-13H,3H2,1-2H3,(H,25,29)/t13-/m1/s1. The Morgan fingerprint density at radius 3 is 2.77 bits per heavy atom. The smallest absolute Gasteiger partial charge is 0.271 e. The number of nitrogens with zero attached hydrogens (tertiary/aromatic N) is 5. The summed E-state index contributed by atoms with van der Waals surface area (Å²) in [6.45, 7) is 3.77. The minimum Gasteiger partial charge on any atom is -0.344 e. The molecule has 1 aromatic carbocycles. The van der Waals surface area contributed by atoms with Crippen LogP contribution in [0.1, 0.15) is 41.8 Å². The predicted octanol–water partition coefficient (Wildman–Crippen LogP) is 3.51. The van der Waals surface area contributed by atoms with Gasteiger partial charge in [-0.3, -0.25) is 9.36 Å². The van der Waals surface area contributed by atoms with Crippen molar-refractivity contribution in [1.82, 2.24) is 30.0 Å². The molecular weight excluding hydrogens is 387 g/mol. The van der Waals surface area contributed by atoms with E-state index in [1.165, 1.54) is 18.5 Å². The summed E-state index contributed by atoms with van der Waals surface area (Å²) in [6.07, 6.45) is 5.40. The molecular formula is C21H19FN6O2. The Hall–Kier alpha value is -3.88. The van der Waals surface area contributed by atoms with Crippen molar-refractivity contribution in [3.05, 3.63) is 78.0 Å². The van der Waals surface area contributed by atoms with E-state index in [1.54, 1.807) is 41.2 Å². The fraction of sp³-hybridized carbons (Fsp3) is 0.190. The quantitative estimate of drug-likeness (QED) is 0.526. The third kappa shape index (κ3) is 4.09. The van der Waals surface area contributed by atoms with Gasteiger partial charge in [-0.15, -0.1) is 0 Å². The highest BCUT2D eigenvalue weighted by atomic mass is 19.1. The van der Waals surface area contributed by atoms with Crippen LogP contribution < -0.4 is 5.32 Å². The maximum Gasteiger partial charge on any atom is 0.271 e. The van der Waals surface area contributed by atoms with Crippen LogP contribution in [0.4, 0.5) is 4.39 Å². The molecule has 9 heteroatoms. The Bertz CT molecular complexity index is 1170. The summed E-state index contributed by atoms with van der Waals surface area (Å²) in [7, 11) is 0. The maximum absolute atomic E-state index is 13.1. The van der Waals surface area contributed by atoms with Crippen molar-refractivity contribution in [2.45, 2.75) is 26.3 Å². The number of hydrogen-bond donors (Lipinski definition) is 1. The average molecular weight is 406 g/mol. The second-order valence-corrected chi connectivity index (χ2v) is 6.68. The van der Waals surface area contributed by atoms with Gasteiger partial charge in [0.1, 0.15) is 23.7 Å². The number of aryl methyl sites for hydroxylation is 1. The van der Waals surface area contributed by atoms with E-state index in [9.17, 15) is 9.18 Å². The fourth-order valence-corrected chi connectivity index (χ4v) is 2.88. The number of carbonyl (C=O) groups is 1. The molecule has 0 unspecified atom stereocenters. The van der Waals surface area contributed by atoms with E-state index < -0.39 is 0 Å². The highest BCUT2D eigenvalue weighted by molar-refractivity contribution is 5.92. The van der Waals surface area contributed by atoms with Crippen LogP contribution in [0.25, 0.3) is 17.3 Å². The first kappa shape index (κ1) is 19.4. The van der Waals surface area contributed by atoms with Crippen LogP contribution in [0.2, 0.25) is 0 Å². The van der Waals surface area contributed by atoms with Crippen molar-refractivity contribution in [1.29, 1.82) is 0 Å². The Morgan fingerprint density at radius 2 is 2.03 bits per heavy atom. The van der Waals surface area contributed by atoms with Gasteiger partial charge in [0.05, 0.1) is 6.04 Å². The number of pyridine rings is 1. The zero-order chi connectivity index (χ0) is 21.1. The first-order valence-corrected chi connectivity index (χ1v) is 9.43. The number of rotatable bonds is 6. The van der Waals surface area contributed by atoms with E-state index in [0.717, 1.165) is 11.1 Å². The van der Waals surface area contributed by atoms with E-state index in [1.807, 2.05) is 13.8 Å². The van der Waals surface area contributed by atoms with Gasteiger partial charge in [0.15, 0.2) is 5.82 Å². The van der Waals surface area contributed by atoms with Crippen molar-refractivity contribution in [2.75, 3.05) is 0 Å². The molecule has 1 amide bonds. The Balaban J connectivity index is 1.50. The maximum atomic E-state index is 13.1. The SMILES string of the molecule is CCc1noc(-c2ccnc(-n3cnc(C(=O)N[C@H](C)c4ccc(F)cc4)c3)c2)n1. The number of halogens is 1. The van der Waals surface area contributed by atoms with Crippen LogP contribution in [-0.2, 0) is 6.42 Å². The molecule has 0 radical (unpaired) electrons. The summed E-state index contributed by atoms with van der Waals surface area (Å²) < 4.78 is 20.0. The van der Waals surface area contributed by atoms with Gasteiger partial charge in [0.25, 0.3) is 11.8 Å². The summed E-state index contributed by atoms with van der Waals surface area (Å²) in [4.78, 5) is 25.4. The normalized spacial score (nSPS) is 12.0. The largest absolute Gasteiger partial charge is 0.344 e. The van der Waals surface area contributed by atoms with Crippen molar-refractivity contribution < 1.29 is 13.7 Å². The molecule has 8 nitrogen and oxygen atoms in total. The average Bonchev–Trinajstić information content (AvgIpc) is 3.44. The third-order valence-corrected chi connectivity index (χ3v) is 4.57. The number of amides is 1. The summed E-state index contributed by atoms with van der Waals surface area (Å²) >= 11 is 0. The molecule has 0 saturated carbocycles. The first-order valence-electron chi connectivity index (χ1n) is 9.43. The summed E-state index contributed by atoms with van der Waals surface area (Å²) in [5, 5.41) is 6.75. The molecule has 0 aliphatic rings. The van der Waals surface area contributed by atoms with Crippen molar-refractivity contribution in [2.24, 2.45) is 0 Å². The lowest BCUT2D eigenvalue weighted by molar-refractivity contribution is 0.0935. The van der Waals surface area contributed by atoms with Crippen LogP contribution in [0.5, 0.6) is 0 Å². The molecule has 0 aliphatic carbocycles. The van der Waals surface area contributed by atoms with Crippen molar-refractivity contribution >= 4 is 5.91 Å². The molecule has 0 bridgehead atoms. The summed E-state index contributed by atoms with van der Waals surface area (Å²) in [5.74, 6) is 0.923. The van der Waals surface area contributed by atoms with Gasteiger partial charge in [-0.25, -0.2) is 14.4 Å². The van der Waals surface area contributed by atoms with Gasteiger partial charge in [0.2, 0.25) is 0 Å². The number of benzene rings is 1.